The lowest BCUT2D eigenvalue weighted by atomic mass is 10.1. The van der Waals surface area contributed by atoms with E-state index in [1.54, 1.807) is 25.5 Å². The normalized spacial score (nSPS) is 12.7. The van der Waals surface area contributed by atoms with Gasteiger partial charge in [-0.1, -0.05) is 6.07 Å². The molecule has 1 heterocycles. The van der Waals surface area contributed by atoms with Gasteiger partial charge in [0, 0.05) is 12.4 Å². The molecule has 1 aromatic heterocycles. The molecule has 0 bridgehead atoms. The van der Waals surface area contributed by atoms with E-state index in [4.69, 9.17) is 5.73 Å². The molecule has 0 aliphatic heterocycles. The Bertz CT molecular complexity index is 449. The summed E-state index contributed by atoms with van der Waals surface area (Å²) in [4.78, 5) is 3.96. The number of anilines is 1. The van der Waals surface area contributed by atoms with Crippen molar-refractivity contribution < 1.29 is 5.11 Å². The molecular weight excluding hydrogens is 190 g/mol. The van der Waals surface area contributed by atoms with E-state index in [9.17, 15) is 5.11 Å². The summed E-state index contributed by atoms with van der Waals surface area (Å²) in [6.07, 6.45) is 4.72. The molecule has 0 radical (unpaired) electrons. The molecule has 0 unspecified atom stereocenters. The second-order valence-corrected chi connectivity index (χ2v) is 3.46. The summed E-state index contributed by atoms with van der Waals surface area (Å²) in [6, 6.07) is 5.51. The summed E-state index contributed by atoms with van der Waals surface area (Å²) in [6.45, 7) is 1.71. The minimum atomic E-state index is -0.496. The van der Waals surface area contributed by atoms with E-state index in [0.717, 1.165) is 11.3 Å². The van der Waals surface area contributed by atoms with Crippen molar-refractivity contribution in [2.24, 2.45) is 0 Å². The van der Waals surface area contributed by atoms with E-state index in [1.807, 2.05) is 22.9 Å². The number of aromatic nitrogens is 2. The zero-order valence-corrected chi connectivity index (χ0v) is 8.46. The number of benzene rings is 1. The largest absolute Gasteiger partial charge is 0.397 e. The topological polar surface area (TPSA) is 64.1 Å². The van der Waals surface area contributed by atoms with Gasteiger partial charge < -0.3 is 15.4 Å². The van der Waals surface area contributed by atoms with Crippen molar-refractivity contribution in [1.29, 1.82) is 0 Å². The highest BCUT2D eigenvalue weighted by Crippen LogP contribution is 2.22. The van der Waals surface area contributed by atoms with Gasteiger partial charge in [0.1, 0.15) is 0 Å². The van der Waals surface area contributed by atoms with Crippen LogP contribution in [0.2, 0.25) is 0 Å². The molecule has 4 nitrogen and oxygen atoms in total. The minimum Gasteiger partial charge on any atom is -0.397 e. The Labute approximate surface area is 88.0 Å². The lowest BCUT2D eigenvalue weighted by Crippen LogP contribution is -2.00. The molecule has 1 aromatic carbocycles. The first-order valence-electron chi connectivity index (χ1n) is 4.74. The first-order valence-corrected chi connectivity index (χ1v) is 4.74. The molecule has 0 spiro atoms. The third-order valence-electron chi connectivity index (χ3n) is 2.32. The van der Waals surface area contributed by atoms with E-state index in [-0.39, 0.29) is 0 Å². The summed E-state index contributed by atoms with van der Waals surface area (Å²) in [5.41, 5.74) is 8.21. The van der Waals surface area contributed by atoms with Crippen molar-refractivity contribution in [3.8, 4) is 5.69 Å². The van der Waals surface area contributed by atoms with E-state index >= 15 is 0 Å². The summed E-state index contributed by atoms with van der Waals surface area (Å²) >= 11 is 0. The van der Waals surface area contributed by atoms with E-state index in [0.29, 0.717) is 5.69 Å². The molecule has 15 heavy (non-hydrogen) atoms. The van der Waals surface area contributed by atoms with Gasteiger partial charge in [0.25, 0.3) is 0 Å². The van der Waals surface area contributed by atoms with Crippen LogP contribution < -0.4 is 5.73 Å². The number of aliphatic hydroxyl groups excluding tert-OH is 1. The van der Waals surface area contributed by atoms with Crippen LogP contribution in [0.3, 0.4) is 0 Å². The van der Waals surface area contributed by atoms with Crippen molar-refractivity contribution in [1.82, 2.24) is 9.55 Å². The van der Waals surface area contributed by atoms with Gasteiger partial charge in [-0.05, 0) is 24.6 Å². The minimum absolute atomic E-state index is 0.496. The maximum absolute atomic E-state index is 9.39. The standard InChI is InChI=1S/C11H13N3O/c1-8(15)9-2-3-11(10(12)6-9)14-5-4-13-7-14/h2-8,15H,12H2,1H3/t8-/m1/s1. The van der Waals surface area contributed by atoms with Crippen molar-refractivity contribution >= 4 is 5.69 Å². The van der Waals surface area contributed by atoms with Gasteiger partial charge in [0.15, 0.2) is 0 Å². The third-order valence-corrected chi connectivity index (χ3v) is 2.32. The maximum atomic E-state index is 9.39. The lowest BCUT2D eigenvalue weighted by molar-refractivity contribution is 0.199. The van der Waals surface area contributed by atoms with Gasteiger partial charge in [-0.2, -0.15) is 0 Å². The average Bonchev–Trinajstić information content (AvgIpc) is 2.70. The fraction of sp³-hybridized carbons (Fsp3) is 0.182. The first-order chi connectivity index (χ1) is 7.18. The number of hydrogen-bond acceptors (Lipinski definition) is 3. The zero-order valence-electron chi connectivity index (χ0n) is 8.46. The fourth-order valence-electron chi connectivity index (χ4n) is 1.47. The lowest BCUT2D eigenvalue weighted by Gasteiger charge is -2.10. The molecule has 0 aliphatic rings. The average molecular weight is 203 g/mol. The molecule has 0 saturated carbocycles. The number of hydrogen-bond donors (Lipinski definition) is 2. The first kappa shape index (κ1) is 9.73. The predicted molar refractivity (Wildman–Crippen MR) is 58.6 cm³/mol. The third kappa shape index (κ3) is 1.85. The Morgan fingerprint density at radius 2 is 2.27 bits per heavy atom. The molecule has 0 fully saturated rings. The molecule has 0 saturated heterocycles. The highest BCUT2D eigenvalue weighted by atomic mass is 16.3. The molecule has 0 amide bonds. The van der Waals surface area contributed by atoms with Crippen LogP contribution in [0.5, 0.6) is 0 Å². The number of aliphatic hydroxyl groups is 1. The van der Waals surface area contributed by atoms with Gasteiger partial charge >= 0.3 is 0 Å². The predicted octanol–water partition coefficient (Wildman–Crippen LogP) is 1.51. The summed E-state index contributed by atoms with van der Waals surface area (Å²) < 4.78 is 1.83. The fourth-order valence-corrected chi connectivity index (χ4v) is 1.47. The van der Waals surface area contributed by atoms with Crippen molar-refractivity contribution in [3.05, 3.63) is 42.5 Å². The summed E-state index contributed by atoms with van der Waals surface area (Å²) in [7, 11) is 0. The van der Waals surface area contributed by atoms with Crippen molar-refractivity contribution in [3.63, 3.8) is 0 Å². The van der Waals surface area contributed by atoms with Gasteiger partial charge in [-0.15, -0.1) is 0 Å². The summed E-state index contributed by atoms with van der Waals surface area (Å²) in [5, 5.41) is 9.39. The Kier molecular flexibility index (Phi) is 2.43. The highest BCUT2D eigenvalue weighted by Gasteiger charge is 2.05. The molecular formula is C11H13N3O. The SMILES string of the molecule is C[C@@H](O)c1ccc(-n2ccnc2)c(N)c1. The zero-order chi connectivity index (χ0) is 10.8. The van der Waals surface area contributed by atoms with Crippen LogP contribution in [0.4, 0.5) is 5.69 Å². The molecule has 2 rings (SSSR count). The molecule has 3 N–H and O–H groups in total. The van der Waals surface area contributed by atoms with Gasteiger partial charge in [0.2, 0.25) is 0 Å². The van der Waals surface area contributed by atoms with Gasteiger partial charge in [0.05, 0.1) is 23.8 Å². The quantitative estimate of drug-likeness (QED) is 0.727. The van der Waals surface area contributed by atoms with E-state index < -0.39 is 6.10 Å². The molecule has 4 heteroatoms. The van der Waals surface area contributed by atoms with Crippen LogP contribution in [-0.4, -0.2) is 14.7 Å². The Morgan fingerprint density at radius 3 is 2.80 bits per heavy atom. The number of nitrogens with zero attached hydrogens (tertiary/aromatic N) is 2. The van der Waals surface area contributed by atoms with Crippen LogP contribution in [0, 0.1) is 0 Å². The Balaban J connectivity index is 2.44. The smallest absolute Gasteiger partial charge is 0.0992 e. The monoisotopic (exact) mass is 203 g/mol. The van der Waals surface area contributed by atoms with E-state index in [1.165, 1.54) is 0 Å². The van der Waals surface area contributed by atoms with Crippen LogP contribution in [0.1, 0.15) is 18.6 Å². The molecule has 0 aliphatic carbocycles. The van der Waals surface area contributed by atoms with Crippen LogP contribution >= 0.6 is 0 Å². The van der Waals surface area contributed by atoms with Gasteiger partial charge in [-0.3, -0.25) is 0 Å². The van der Waals surface area contributed by atoms with Crippen LogP contribution in [-0.2, 0) is 0 Å². The van der Waals surface area contributed by atoms with E-state index in [2.05, 4.69) is 4.98 Å². The van der Waals surface area contributed by atoms with Crippen molar-refractivity contribution in [2.45, 2.75) is 13.0 Å². The molecule has 1 atom stereocenters. The Hall–Kier alpha value is -1.81. The summed E-state index contributed by atoms with van der Waals surface area (Å²) in [5.74, 6) is 0. The molecule has 2 aromatic rings. The molecule has 78 valence electrons. The van der Waals surface area contributed by atoms with Gasteiger partial charge in [-0.25, -0.2) is 4.98 Å². The highest BCUT2D eigenvalue weighted by molar-refractivity contribution is 5.59. The number of nitrogen functional groups attached to an aromatic ring is 1. The number of imidazole rings is 1. The second-order valence-electron chi connectivity index (χ2n) is 3.46. The van der Waals surface area contributed by atoms with Crippen LogP contribution in [0.15, 0.2) is 36.9 Å². The Morgan fingerprint density at radius 1 is 1.47 bits per heavy atom. The van der Waals surface area contributed by atoms with Crippen molar-refractivity contribution in [2.75, 3.05) is 5.73 Å². The number of nitrogens with two attached hydrogens (primary N) is 1. The second kappa shape index (κ2) is 3.74. The number of rotatable bonds is 2. The maximum Gasteiger partial charge on any atom is 0.0992 e. The van der Waals surface area contributed by atoms with Crippen LogP contribution in [0.25, 0.3) is 5.69 Å².